The molecule has 3 rings (SSSR count). The summed E-state index contributed by atoms with van der Waals surface area (Å²) in [6.45, 7) is 27.1. The van der Waals surface area contributed by atoms with Crippen molar-refractivity contribution in [1.82, 2.24) is 5.43 Å². The number of aryl methyl sites for hydroxylation is 1. The van der Waals surface area contributed by atoms with E-state index in [1.165, 1.54) is 0 Å². The molecule has 0 saturated heterocycles. The summed E-state index contributed by atoms with van der Waals surface area (Å²) < 4.78 is 58.6. The van der Waals surface area contributed by atoms with Gasteiger partial charge >= 0.3 is 17.9 Å². The second kappa shape index (κ2) is 54.9. The summed E-state index contributed by atoms with van der Waals surface area (Å²) in [5.74, 6) is -0.203. The molecule has 3 aromatic carbocycles. The van der Waals surface area contributed by atoms with Gasteiger partial charge in [0.25, 0.3) is 12.9 Å². The molecule has 0 aliphatic heterocycles. The Bertz CT molecular complexity index is 2320. The first kappa shape index (κ1) is 77.4. The van der Waals surface area contributed by atoms with Crippen LogP contribution in [-0.4, -0.2) is 142 Å². The summed E-state index contributed by atoms with van der Waals surface area (Å²) in [4.78, 5) is 74.9. The van der Waals surface area contributed by atoms with E-state index in [1.54, 1.807) is 86.8 Å². The molecule has 0 saturated carbocycles. The maximum absolute atomic E-state index is 13.4. The van der Waals surface area contributed by atoms with E-state index in [9.17, 15) is 33.6 Å². The quantitative estimate of drug-likeness (QED) is 0.00531. The molecular weight excluding hydrogens is 1090 g/mol. The summed E-state index contributed by atoms with van der Waals surface area (Å²) in [5.41, 5.74) is 6.32. The number of ether oxygens (including phenoxy) is 11. The minimum Gasteiger partial charge on any atom is -0.491 e. The van der Waals surface area contributed by atoms with Gasteiger partial charge in [-0.3, -0.25) is 15.0 Å². The van der Waals surface area contributed by atoms with Gasteiger partial charge in [0.1, 0.15) is 55.2 Å². The molecule has 83 heavy (non-hydrogen) atoms. The third-order valence-corrected chi connectivity index (χ3v) is 11.4. The number of carbonyl (C=O) groups excluding carboxylic acids is 7. The number of allylic oxidation sites excluding steroid dienone is 3. The van der Waals surface area contributed by atoms with Crippen molar-refractivity contribution in [1.29, 1.82) is 0 Å². The maximum atomic E-state index is 13.4. The largest absolute Gasteiger partial charge is 0.491 e. The lowest BCUT2D eigenvalue weighted by molar-refractivity contribution is -0.139. The first-order valence-corrected chi connectivity index (χ1v) is 27.4. The molecule has 0 fully saturated rings. The Morgan fingerprint density at radius 2 is 1.13 bits per heavy atom. The predicted octanol–water partition coefficient (Wildman–Crippen LogP) is 10.3. The fourth-order valence-corrected chi connectivity index (χ4v) is 6.56. The van der Waals surface area contributed by atoms with Gasteiger partial charge in [0.2, 0.25) is 0 Å². The molecule has 0 aliphatic carbocycles. The third-order valence-electron chi connectivity index (χ3n) is 10.0. The molecule has 0 heterocycles. The lowest BCUT2D eigenvalue weighted by Gasteiger charge is -2.17. The number of unbranched alkanes of at least 4 members (excludes halogenated alkanes) is 2. The lowest BCUT2D eigenvalue weighted by atomic mass is 10.2. The van der Waals surface area contributed by atoms with E-state index in [0.29, 0.717) is 94.2 Å². The minimum absolute atomic E-state index is 0.147. The highest BCUT2D eigenvalue weighted by molar-refractivity contribution is 8.03. The number of carbonyl (C=O) groups is 7. The van der Waals surface area contributed by atoms with Crippen LogP contribution in [0.3, 0.4) is 0 Å². The number of rotatable bonds is 40. The van der Waals surface area contributed by atoms with Gasteiger partial charge in [0.15, 0.2) is 0 Å². The molecule has 458 valence electrons. The molecule has 0 aromatic heterocycles. The van der Waals surface area contributed by atoms with E-state index >= 15 is 0 Å². The number of thioether (sulfide) groups is 1. The Morgan fingerprint density at radius 1 is 0.651 bits per heavy atom. The standard InChI is InChI=1S/C44H58N2O12S.2C6H8O3.2C3H6/c1-6-33(2)43(59-42-14-8-7-13-34(42)3)46-45-26-36-25-38(57-30-40(51-5)28-53-22-10-12-24-55-32-48)19-20-41(36)58-44(49)35-15-17-37(18-16-35)56-29-39(50-4)27-52-21-9-11-23-54-31-47;2*1-2-6(8)9-5-3-4-7;2*1-3-2/h7-8,13-20,25-26,31-32,39-40,46H,6,9-12,21-24,27-30H2,1-5H3;2*2,4H,1,3,5H2;2*3H,1H2,2H3/b43-33+,45-26+;;;;. The van der Waals surface area contributed by atoms with Gasteiger partial charge in [0.05, 0.1) is 56.4 Å². The number of aldehydes is 2. The van der Waals surface area contributed by atoms with Crippen molar-refractivity contribution in [2.75, 3.05) is 80.3 Å². The summed E-state index contributed by atoms with van der Waals surface area (Å²) >= 11 is 1.60. The Kier molecular flexibility index (Phi) is 51.2. The van der Waals surface area contributed by atoms with E-state index in [2.05, 4.69) is 84.0 Å². The number of nitrogens with one attached hydrogen (secondary N) is 1. The van der Waals surface area contributed by atoms with Crippen LogP contribution >= 0.6 is 11.8 Å². The summed E-state index contributed by atoms with van der Waals surface area (Å²) in [6, 6.07) is 19.9. The molecule has 0 amide bonds. The fraction of sp³-hybridized carbons (Fsp3) is 0.419. The van der Waals surface area contributed by atoms with Crippen LogP contribution < -0.4 is 19.6 Å². The number of hydrogen-bond acceptors (Lipinski definition) is 21. The van der Waals surface area contributed by atoms with Crippen molar-refractivity contribution in [3.63, 3.8) is 0 Å². The lowest BCUT2D eigenvalue weighted by Crippen LogP contribution is -2.26. The van der Waals surface area contributed by atoms with Gasteiger partial charge in [0, 0.05) is 62.9 Å². The average molecular weight is 1180 g/mol. The molecule has 1 N–H and O–H groups in total. The summed E-state index contributed by atoms with van der Waals surface area (Å²) in [5, 5.41) is 5.47. The Balaban J connectivity index is 0. The maximum Gasteiger partial charge on any atom is 0.343 e. The van der Waals surface area contributed by atoms with E-state index in [1.807, 2.05) is 26.0 Å². The van der Waals surface area contributed by atoms with Gasteiger partial charge in [-0.1, -0.05) is 62.2 Å². The van der Waals surface area contributed by atoms with Crippen LogP contribution in [0.2, 0.25) is 0 Å². The second-order valence-electron chi connectivity index (χ2n) is 16.6. The van der Waals surface area contributed by atoms with Crippen LogP contribution in [0, 0.1) is 6.92 Å². The highest BCUT2D eigenvalue weighted by Gasteiger charge is 2.16. The van der Waals surface area contributed by atoms with Crippen LogP contribution in [0.15, 0.2) is 138 Å². The molecule has 2 atom stereocenters. The van der Waals surface area contributed by atoms with Gasteiger partial charge in [-0.15, -0.1) is 13.2 Å². The van der Waals surface area contributed by atoms with Crippen LogP contribution in [0.25, 0.3) is 0 Å². The van der Waals surface area contributed by atoms with Crippen LogP contribution in [0.4, 0.5) is 0 Å². The van der Waals surface area contributed by atoms with E-state index in [4.69, 9.17) is 37.9 Å². The first-order chi connectivity index (χ1) is 40.3. The normalized spacial score (nSPS) is 11.0. The number of methoxy groups -OCH3 is 2. The van der Waals surface area contributed by atoms with Crippen LogP contribution in [0.1, 0.15) is 94.1 Å². The highest BCUT2D eigenvalue weighted by atomic mass is 32.2. The molecule has 0 bridgehead atoms. The second-order valence-corrected chi connectivity index (χ2v) is 17.7. The van der Waals surface area contributed by atoms with Gasteiger partial charge < -0.3 is 61.7 Å². The first-order valence-electron chi connectivity index (χ1n) is 26.6. The number of esters is 3. The number of hydrogen-bond donors (Lipinski definition) is 1. The molecule has 3 aromatic rings. The predicted molar refractivity (Wildman–Crippen MR) is 321 cm³/mol. The monoisotopic (exact) mass is 1180 g/mol. The molecule has 21 heteroatoms. The van der Waals surface area contributed by atoms with E-state index in [0.717, 1.165) is 58.9 Å². The highest BCUT2D eigenvalue weighted by Crippen LogP contribution is 2.31. The zero-order chi connectivity index (χ0) is 62.1. The number of benzene rings is 3. The molecule has 0 spiro atoms. The van der Waals surface area contributed by atoms with Crippen molar-refractivity contribution >= 4 is 61.4 Å². The summed E-state index contributed by atoms with van der Waals surface area (Å²) in [7, 11) is 3.17. The van der Waals surface area contributed by atoms with Gasteiger partial charge in [-0.05, 0) is 119 Å². The van der Waals surface area contributed by atoms with Gasteiger partial charge in [-0.2, -0.15) is 5.10 Å². The van der Waals surface area contributed by atoms with Crippen molar-refractivity contribution < 1.29 is 85.7 Å². The zero-order valence-corrected chi connectivity index (χ0v) is 50.1. The van der Waals surface area contributed by atoms with Crippen molar-refractivity contribution in [2.24, 2.45) is 5.10 Å². The van der Waals surface area contributed by atoms with E-state index in [-0.39, 0.29) is 57.2 Å². The third kappa shape index (κ3) is 41.9. The Hall–Kier alpha value is -7.69. The van der Waals surface area contributed by atoms with Crippen LogP contribution in [0.5, 0.6) is 17.2 Å². The Morgan fingerprint density at radius 3 is 1.59 bits per heavy atom. The summed E-state index contributed by atoms with van der Waals surface area (Å²) in [6.07, 6.45) is 12.2. The van der Waals surface area contributed by atoms with E-state index < -0.39 is 17.9 Å². The topological polar surface area (TPSA) is 245 Å². The zero-order valence-electron chi connectivity index (χ0n) is 49.3. The molecule has 2 unspecified atom stereocenters. The number of hydrazone groups is 1. The van der Waals surface area contributed by atoms with Crippen molar-refractivity contribution in [3.05, 3.63) is 145 Å². The molecule has 0 aliphatic rings. The molecular formula is C62H86N2O18S. The smallest absolute Gasteiger partial charge is 0.343 e. The van der Waals surface area contributed by atoms with Crippen LogP contribution in [-0.2, 0) is 66.7 Å². The number of nitrogens with zero attached hydrogens (tertiary/aromatic N) is 1. The Labute approximate surface area is 494 Å². The molecule has 0 radical (unpaired) electrons. The SMILES string of the molecule is C=CC.C=CC.C=CC(=O)OCCC=O.C=CC(=O)OCCC=O.CC/C(C)=C(\N/N=C/c1cc(OCC(COCCCCOC=O)OC)ccc1OC(=O)c1ccc(OCC(COCCCCOC=O)OC)cc1)Sc1ccccc1C. The van der Waals surface area contributed by atoms with Gasteiger partial charge in [-0.25, -0.2) is 14.4 Å². The average Bonchev–Trinajstić information content (AvgIpc) is 3.58. The molecule has 20 nitrogen and oxygen atoms in total. The van der Waals surface area contributed by atoms with Crippen molar-refractivity contribution in [3.8, 4) is 17.2 Å². The van der Waals surface area contributed by atoms with Crippen molar-refractivity contribution in [2.45, 2.75) is 96.7 Å². The minimum atomic E-state index is -0.568. The fourth-order valence-electron chi connectivity index (χ4n) is 5.55.